The largest absolute Gasteiger partial charge is 0.395 e. The molecule has 1 heterocycles. The van der Waals surface area contributed by atoms with Gasteiger partial charge in [0.2, 0.25) is 0 Å². The van der Waals surface area contributed by atoms with Crippen LogP contribution in [0.4, 0.5) is 5.82 Å². The fourth-order valence-electron chi connectivity index (χ4n) is 2.65. The first-order chi connectivity index (χ1) is 8.72. The zero-order valence-electron chi connectivity index (χ0n) is 11.4. The predicted molar refractivity (Wildman–Crippen MR) is 72.8 cm³/mol. The van der Waals surface area contributed by atoms with Gasteiger partial charge < -0.3 is 10.0 Å². The van der Waals surface area contributed by atoms with E-state index in [1.807, 2.05) is 20.0 Å². The molecule has 0 bridgehead atoms. The molecule has 1 saturated carbocycles. The van der Waals surface area contributed by atoms with Gasteiger partial charge in [-0.15, -0.1) is 0 Å². The van der Waals surface area contributed by atoms with Gasteiger partial charge in [0.15, 0.2) is 0 Å². The Morgan fingerprint density at radius 3 is 2.56 bits per heavy atom. The summed E-state index contributed by atoms with van der Waals surface area (Å²) in [4.78, 5) is 11.2. The van der Waals surface area contributed by atoms with Crippen LogP contribution in [0.2, 0.25) is 0 Å². The van der Waals surface area contributed by atoms with Gasteiger partial charge in [-0.1, -0.05) is 19.3 Å². The van der Waals surface area contributed by atoms with Crippen molar-refractivity contribution in [3.63, 3.8) is 0 Å². The minimum atomic E-state index is 0.172. The van der Waals surface area contributed by atoms with Crippen LogP contribution in [-0.2, 0) is 0 Å². The molecule has 0 spiro atoms. The van der Waals surface area contributed by atoms with Gasteiger partial charge in [0.1, 0.15) is 5.82 Å². The second-order valence-electron chi connectivity index (χ2n) is 5.11. The highest BCUT2D eigenvalue weighted by atomic mass is 16.3. The Morgan fingerprint density at radius 2 is 1.94 bits per heavy atom. The van der Waals surface area contributed by atoms with Crippen molar-refractivity contribution in [1.82, 2.24) is 9.97 Å². The Hall–Kier alpha value is -1.16. The molecule has 0 amide bonds. The summed E-state index contributed by atoms with van der Waals surface area (Å²) < 4.78 is 0. The van der Waals surface area contributed by atoms with Crippen molar-refractivity contribution in [1.29, 1.82) is 0 Å². The monoisotopic (exact) mass is 249 g/mol. The maximum atomic E-state index is 9.26. The van der Waals surface area contributed by atoms with Crippen molar-refractivity contribution in [2.24, 2.45) is 0 Å². The number of aryl methyl sites for hydroxylation is 2. The minimum absolute atomic E-state index is 0.172. The van der Waals surface area contributed by atoms with E-state index in [4.69, 9.17) is 0 Å². The third-order valence-corrected chi connectivity index (χ3v) is 3.83. The number of anilines is 1. The lowest BCUT2D eigenvalue weighted by Crippen LogP contribution is -2.39. The summed E-state index contributed by atoms with van der Waals surface area (Å²) in [6.07, 6.45) is 8.15. The summed E-state index contributed by atoms with van der Waals surface area (Å²) in [5.74, 6) is 0.916. The van der Waals surface area contributed by atoms with Crippen LogP contribution in [-0.4, -0.2) is 34.3 Å². The highest BCUT2D eigenvalue weighted by Crippen LogP contribution is 2.26. The van der Waals surface area contributed by atoms with Crippen molar-refractivity contribution < 1.29 is 5.11 Å². The first kappa shape index (κ1) is 13.3. The second kappa shape index (κ2) is 6.14. The van der Waals surface area contributed by atoms with Crippen LogP contribution in [0.25, 0.3) is 0 Å². The van der Waals surface area contributed by atoms with Gasteiger partial charge in [0, 0.05) is 12.6 Å². The molecule has 0 radical (unpaired) electrons. The number of aliphatic hydroxyl groups excluding tert-OH is 1. The van der Waals surface area contributed by atoms with Crippen LogP contribution < -0.4 is 4.90 Å². The number of aliphatic hydroxyl groups is 1. The maximum absolute atomic E-state index is 9.26. The first-order valence-corrected chi connectivity index (χ1v) is 6.90. The lowest BCUT2D eigenvalue weighted by molar-refractivity contribution is 0.289. The van der Waals surface area contributed by atoms with E-state index in [1.54, 1.807) is 0 Å². The van der Waals surface area contributed by atoms with Gasteiger partial charge in [0.05, 0.1) is 24.2 Å². The van der Waals surface area contributed by atoms with E-state index < -0.39 is 0 Å². The summed E-state index contributed by atoms with van der Waals surface area (Å²) in [6.45, 7) is 4.79. The maximum Gasteiger partial charge on any atom is 0.147 e. The number of aromatic nitrogens is 2. The van der Waals surface area contributed by atoms with Crippen LogP contribution in [0.15, 0.2) is 6.20 Å². The number of nitrogens with zero attached hydrogens (tertiary/aromatic N) is 3. The SMILES string of the molecule is Cc1ncc(N(CCO)C2CCCCC2)nc1C. The molecule has 1 aliphatic rings. The number of rotatable bonds is 4. The zero-order chi connectivity index (χ0) is 13.0. The van der Waals surface area contributed by atoms with Gasteiger partial charge in [-0.3, -0.25) is 4.98 Å². The fourth-order valence-corrected chi connectivity index (χ4v) is 2.65. The molecule has 100 valence electrons. The molecule has 0 aliphatic heterocycles. The van der Waals surface area contributed by atoms with Crippen molar-refractivity contribution in [3.05, 3.63) is 17.6 Å². The molecule has 4 heteroatoms. The number of hydrogen-bond acceptors (Lipinski definition) is 4. The third kappa shape index (κ3) is 2.99. The van der Waals surface area contributed by atoms with E-state index in [-0.39, 0.29) is 6.61 Å². The highest BCUT2D eigenvalue weighted by molar-refractivity contribution is 5.39. The normalized spacial score (nSPS) is 16.8. The van der Waals surface area contributed by atoms with Crippen LogP contribution in [0.5, 0.6) is 0 Å². The van der Waals surface area contributed by atoms with E-state index in [0.29, 0.717) is 12.6 Å². The molecule has 0 saturated heterocycles. The topological polar surface area (TPSA) is 49.2 Å². The van der Waals surface area contributed by atoms with E-state index >= 15 is 0 Å². The Balaban J connectivity index is 2.19. The molecule has 2 rings (SSSR count). The highest BCUT2D eigenvalue weighted by Gasteiger charge is 2.22. The second-order valence-corrected chi connectivity index (χ2v) is 5.11. The van der Waals surface area contributed by atoms with Crippen molar-refractivity contribution in [2.75, 3.05) is 18.1 Å². The van der Waals surface area contributed by atoms with Gasteiger partial charge in [-0.25, -0.2) is 4.98 Å². The lowest BCUT2D eigenvalue weighted by Gasteiger charge is -2.34. The Morgan fingerprint density at radius 1 is 1.22 bits per heavy atom. The van der Waals surface area contributed by atoms with Gasteiger partial charge in [0.25, 0.3) is 0 Å². The minimum Gasteiger partial charge on any atom is -0.395 e. The molecule has 0 atom stereocenters. The summed E-state index contributed by atoms with van der Waals surface area (Å²) in [7, 11) is 0. The molecule has 1 aromatic heterocycles. The molecule has 0 unspecified atom stereocenters. The zero-order valence-corrected chi connectivity index (χ0v) is 11.4. The fraction of sp³-hybridized carbons (Fsp3) is 0.714. The van der Waals surface area contributed by atoms with Gasteiger partial charge in [-0.05, 0) is 26.7 Å². The van der Waals surface area contributed by atoms with Crippen molar-refractivity contribution in [2.45, 2.75) is 52.0 Å². The first-order valence-electron chi connectivity index (χ1n) is 6.90. The van der Waals surface area contributed by atoms with Crippen LogP contribution >= 0.6 is 0 Å². The standard InChI is InChI=1S/C14H23N3O/c1-11-12(2)16-14(10-15-11)17(8-9-18)13-6-4-3-5-7-13/h10,13,18H,3-9H2,1-2H3. The van der Waals surface area contributed by atoms with Crippen LogP contribution in [0.1, 0.15) is 43.5 Å². The average Bonchev–Trinajstić information content (AvgIpc) is 2.40. The Kier molecular flexibility index (Phi) is 4.53. The molecular formula is C14H23N3O. The van der Waals surface area contributed by atoms with E-state index in [2.05, 4.69) is 14.9 Å². The molecule has 1 fully saturated rings. The number of hydrogen-bond donors (Lipinski definition) is 1. The molecular weight excluding hydrogens is 226 g/mol. The molecule has 1 N–H and O–H groups in total. The molecule has 18 heavy (non-hydrogen) atoms. The quantitative estimate of drug-likeness (QED) is 0.889. The van der Waals surface area contributed by atoms with E-state index in [0.717, 1.165) is 17.2 Å². The van der Waals surface area contributed by atoms with Crippen LogP contribution in [0.3, 0.4) is 0 Å². The molecule has 0 aromatic carbocycles. The molecule has 1 aromatic rings. The van der Waals surface area contributed by atoms with Gasteiger partial charge in [-0.2, -0.15) is 0 Å². The summed E-state index contributed by atoms with van der Waals surface area (Å²) in [5.41, 5.74) is 1.96. The van der Waals surface area contributed by atoms with Gasteiger partial charge >= 0.3 is 0 Å². The molecule has 1 aliphatic carbocycles. The lowest BCUT2D eigenvalue weighted by atomic mass is 9.94. The Bertz CT molecular complexity index is 389. The smallest absolute Gasteiger partial charge is 0.147 e. The predicted octanol–water partition coefficient (Wildman–Crippen LogP) is 2.22. The third-order valence-electron chi connectivity index (χ3n) is 3.83. The molecule has 4 nitrogen and oxygen atoms in total. The van der Waals surface area contributed by atoms with Crippen molar-refractivity contribution >= 4 is 5.82 Å². The summed E-state index contributed by atoms with van der Waals surface area (Å²) >= 11 is 0. The van der Waals surface area contributed by atoms with Crippen molar-refractivity contribution in [3.8, 4) is 0 Å². The summed E-state index contributed by atoms with van der Waals surface area (Å²) in [6, 6.07) is 0.516. The van der Waals surface area contributed by atoms with E-state index in [1.165, 1.54) is 32.1 Å². The van der Waals surface area contributed by atoms with E-state index in [9.17, 15) is 5.11 Å². The Labute approximate surface area is 109 Å². The van der Waals surface area contributed by atoms with Crippen LogP contribution in [0, 0.1) is 13.8 Å². The summed E-state index contributed by atoms with van der Waals surface area (Å²) in [5, 5.41) is 9.26. The average molecular weight is 249 g/mol.